The number of aromatic nitrogens is 5. The number of aliphatic hydroxyl groups is 1. The molecule has 3 N–H and O–H groups in total. The van der Waals surface area contributed by atoms with Crippen LogP contribution in [0.15, 0.2) is 48.5 Å². The second kappa shape index (κ2) is 14.9. The number of rotatable bonds is 8. The van der Waals surface area contributed by atoms with Gasteiger partial charge >= 0.3 is 12.2 Å². The van der Waals surface area contributed by atoms with Gasteiger partial charge in [-0.15, -0.1) is 0 Å². The van der Waals surface area contributed by atoms with Crippen molar-refractivity contribution in [2.45, 2.75) is 62.9 Å². The summed E-state index contributed by atoms with van der Waals surface area (Å²) in [6.07, 6.45) is -5.55. The second-order valence-corrected chi connectivity index (χ2v) is 15.6. The molecule has 3 aromatic heterocycles. The minimum atomic E-state index is -5.06. The van der Waals surface area contributed by atoms with Gasteiger partial charge in [0.1, 0.15) is 35.2 Å². The van der Waals surface area contributed by atoms with Gasteiger partial charge in [0.2, 0.25) is 5.91 Å². The number of halogens is 7. The van der Waals surface area contributed by atoms with Gasteiger partial charge in [-0.1, -0.05) is 18.1 Å². The Kier molecular flexibility index (Phi) is 10.1. The van der Waals surface area contributed by atoms with E-state index in [1.807, 2.05) is 0 Å². The van der Waals surface area contributed by atoms with Crippen molar-refractivity contribution in [3.8, 4) is 23.0 Å². The van der Waals surface area contributed by atoms with E-state index in [0.29, 0.717) is 59.1 Å². The lowest BCUT2D eigenvalue weighted by Crippen LogP contribution is -2.43. The summed E-state index contributed by atoms with van der Waals surface area (Å²) in [5.74, 6) is -3.31. The van der Waals surface area contributed by atoms with Gasteiger partial charge in [0, 0.05) is 54.2 Å². The SMILES string of the molecule is Cn1nc(NC(=O)N2CCOCC2)c2cccc(-c3ccc(C#CC(C)(C)O)nc3[C@H](Cc3cc(F)cc(F)c3)NC(=O)Cn3nc(C(F)(F)F)c4c3C(F)(F)[C@@H]3C[C@H]43)c21. The molecule has 3 amide bonds. The zero-order valence-corrected chi connectivity index (χ0v) is 32.3. The molecule has 2 fully saturated rings. The highest BCUT2D eigenvalue weighted by molar-refractivity contribution is 6.04. The quantitative estimate of drug-likeness (QED) is 0.121. The number of ether oxygens (including phenoxy) is 1. The van der Waals surface area contributed by atoms with Crippen LogP contribution >= 0.6 is 0 Å². The number of benzene rings is 2. The van der Waals surface area contributed by atoms with Gasteiger partial charge in [-0.3, -0.25) is 19.5 Å². The first-order valence-corrected chi connectivity index (χ1v) is 18.9. The average Bonchev–Trinajstić information content (AvgIpc) is 3.72. The van der Waals surface area contributed by atoms with Crippen LogP contribution in [0.5, 0.6) is 0 Å². The summed E-state index contributed by atoms with van der Waals surface area (Å²) >= 11 is 0. The molecule has 0 unspecified atom stereocenters. The lowest BCUT2D eigenvalue weighted by Gasteiger charge is -2.26. The van der Waals surface area contributed by atoms with Gasteiger partial charge in [-0.25, -0.2) is 18.6 Å². The van der Waals surface area contributed by atoms with Crippen LogP contribution in [0.3, 0.4) is 0 Å². The molecule has 3 atom stereocenters. The third kappa shape index (κ3) is 7.88. The summed E-state index contributed by atoms with van der Waals surface area (Å²) in [6, 6.07) is 9.23. The van der Waals surface area contributed by atoms with Crippen molar-refractivity contribution in [3.05, 3.63) is 94.1 Å². The van der Waals surface area contributed by atoms with E-state index in [1.165, 1.54) is 24.6 Å². The smallest absolute Gasteiger partial charge is 0.378 e. The summed E-state index contributed by atoms with van der Waals surface area (Å²) in [5.41, 5.74) is -3.07. The average molecular weight is 839 g/mol. The first-order valence-electron chi connectivity index (χ1n) is 18.9. The van der Waals surface area contributed by atoms with Crippen LogP contribution < -0.4 is 10.6 Å². The van der Waals surface area contributed by atoms with E-state index in [4.69, 9.17) is 9.72 Å². The molecule has 2 aliphatic carbocycles. The van der Waals surface area contributed by atoms with Crippen molar-refractivity contribution < 1.29 is 50.2 Å². The molecule has 60 heavy (non-hydrogen) atoms. The zero-order chi connectivity index (χ0) is 42.9. The van der Waals surface area contributed by atoms with Crippen LogP contribution in [0.4, 0.5) is 41.3 Å². The third-order valence-electron chi connectivity index (χ3n) is 10.6. The summed E-state index contributed by atoms with van der Waals surface area (Å²) in [6.45, 7) is 3.32. The van der Waals surface area contributed by atoms with Crippen molar-refractivity contribution in [1.29, 1.82) is 0 Å². The summed E-state index contributed by atoms with van der Waals surface area (Å²) < 4.78 is 110. The summed E-state index contributed by atoms with van der Waals surface area (Å²) in [7, 11) is 1.64. The van der Waals surface area contributed by atoms with Crippen LogP contribution in [-0.2, 0) is 41.6 Å². The van der Waals surface area contributed by atoms with Crippen LogP contribution in [0.1, 0.15) is 66.1 Å². The molecule has 0 radical (unpaired) electrons. The molecular weight excluding hydrogens is 801 g/mol. The molecule has 5 aromatic rings. The molecule has 1 aliphatic heterocycles. The van der Waals surface area contributed by atoms with Crippen LogP contribution in [0.25, 0.3) is 22.0 Å². The van der Waals surface area contributed by atoms with E-state index < -0.39 is 82.6 Å². The van der Waals surface area contributed by atoms with Gasteiger partial charge in [0.05, 0.1) is 30.5 Å². The Bertz CT molecular complexity index is 2580. The molecule has 4 heterocycles. The van der Waals surface area contributed by atoms with Gasteiger partial charge < -0.3 is 20.1 Å². The Morgan fingerprint density at radius 1 is 1.03 bits per heavy atom. The Morgan fingerprint density at radius 3 is 2.43 bits per heavy atom. The van der Waals surface area contributed by atoms with Gasteiger partial charge in [-0.2, -0.15) is 32.1 Å². The number of fused-ring (bicyclic) bond motifs is 4. The molecule has 0 spiro atoms. The molecule has 2 aromatic carbocycles. The van der Waals surface area contributed by atoms with E-state index in [0.717, 1.165) is 12.1 Å². The fraction of sp³-hybridized carbons (Fsp3) is 0.390. The number of amides is 3. The highest BCUT2D eigenvalue weighted by Gasteiger charge is 2.68. The monoisotopic (exact) mass is 838 g/mol. The Balaban J connectivity index is 1.23. The maximum Gasteiger partial charge on any atom is 0.435 e. The molecule has 0 bridgehead atoms. The summed E-state index contributed by atoms with van der Waals surface area (Å²) in [5, 5.41) is 24.4. The number of nitrogens with one attached hydrogen (secondary N) is 2. The van der Waals surface area contributed by atoms with E-state index in [9.17, 15) is 36.6 Å². The van der Waals surface area contributed by atoms with Crippen LogP contribution in [0, 0.1) is 29.4 Å². The van der Waals surface area contributed by atoms with Crippen molar-refractivity contribution in [2.75, 3.05) is 31.6 Å². The highest BCUT2D eigenvalue weighted by Crippen LogP contribution is 2.68. The van der Waals surface area contributed by atoms with E-state index in [-0.39, 0.29) is 35.6 Å². The minimum absolute atomic E-state index is 0.0383. The number of hydrogen-bond donors (Lipinski definition) is 3. The number of hydrogen-bond acceptors (Lipinski definition) is 7. The standard InChI is InChI=1S/C41H37F7N8O4/c1-39(2,59)10-9-24-7-8-25(26-5-4-6-27-34(26)54(3)53-37(27)51-38(58)55-11-13-60-14-12-55)33(49-24)30(17-21-15-22(42)18-23(43)16-21)50-31(57)20-56-36-32(35(52-56)41(46,47)48)28-19-29(28)40(36,44)45/h4-8,15-16,18,28-30,59H,11-14,17,19-20H2,1-3H3,(H,50,57)(H,51,53,58)/t28-,29+,30-/m0/s1. The Labute approximate surface area is 337 Å². The van der Waals surface area contributed by atoms with Crippen molar-refractivity contribution >= 4 is 28.7 Å². The number of carbonyl (C=O) groups excluding carboxylic acids is 2. The van der Waals surface area contributed by atoms with Crippen LogP contribution in [-0.4, -0.2) is 78.4 Å². The predicted molar refractivity (Wildman–Crippen MR) is 201 cm³/mol. The molecule has 1 saturated carbocycles. The lowest BCUT2D eigenvalue weighted by molar-refractivity contribution is -0.142. The molecule has 1 saturated heterocycles. The molecular formula is C41H37F7N8O4. The van der Waals surface area contributed by atoms with Crippen LogP contribution in [0.2, 0.25) is 0 Å². The maximum absolute atomic E-state index is 15.4. The first-order chi connectivity index (χ1) is 28.3. The normalized spacial score (nSPS) is 18.7. The number of morpholine rings is 1. The van der Waals surface area contributed by atoms with Gasteiger partial charge in [0.15, 0.2) is 11.5 Å². The van der Waals surface area contributed by atoms with Crippen molar-refractivity contribution in [1.82, 2.24) is 34.8 Å². The fourth-order valence-electron chi connectivity index (χ4n) is 8.00. The molecule has 12 nitrogen and oxygen atoms in total. The van der Waals surface area contributed by atoms with Gasteiger partial charge in [-0.05, 0) is 74.4 Å². The maximum atomic E-state index is 15.4. The highest BCUT2D eigenvalue weighted by atomic mass is 19.4. The van der Waals surface area contributed by atoms with E-state index >= 15 is 8.78 Å². The molecule has 314 valence electrons. The number of para-hydroxylation sites is 1. The van der Waals surface area contributed by atoms with Crippen molar-refractivity contribution in [3.63, 3.8) is 0 Å². The van der Waals surface area contributed by atoms with E-state index in [1.54, 1.807) is 36.2 Å². The lowest BCUT2D eigenvalue weighted by atomic mass is 9.93. The topological polar surface area (TPSA) is 139 Å². The number of anilines is 1. The zero-order valence-electron chi connectivity index (χ0n) is 32.3. The molecule has 19 heteroatoms. The van der Waals surface area contributed by atoms with Gasteiger partial charge in [0.25, 0.3) is 5.92 Å². The predicted octanol–water partition coefficient (Wildman–Crippen LogP) is 6.42. The minimum Gasteiger partial charge on any atom is -0.378 e. The number of carbonyl (C=O) groups is 2. The number of nitrogens with zero attached hydrogens (tertiary/aromatic N) is 6. The number of pyridine rings is 1. The largest absolute Gasteiger partial charge is 0.435 e. The Hall–Kier alpha value is -6.00. The Morgan fingerprint density at radius 2 is 1.75 bits per heavy atom. The number of aryl methyl sites for hydroxylation is 1. The second-order valence-electron chi connectivity index (χ2n) is 15.6. The summed E-state index contributed by atoms with van der Waals surface area (Å²) in [4.78, 5) is 33.5. The third-order valence-corrected chi connectivity index (χ3v) is 10.6. The van der Waals surface area contributed by atoms with E-state index in [2.05, 4.69) is 32.7 Å². The van der Waals surface area contributed by atoms with Crippen molar-refractivity contribution in [2.24, 2.45) is 13.0 Å². The molecule has 3 aliphatic rings. The first kappa shape index (κ1) is 40.8. The fourth-order valence-corrected chi connectivity index (χ4v) is 8.00. The molecule has 8 rings (SSSR count). The number of alkyl halides is 5. The number of urea groups is 1.